The molecule has 0 fully saturated rings. The van der Waals surface area contributed by atoms with Crippen LogP contribution in [0.1, 0.15) is 42.8 Å². The van der Waals surface area contributed by atoms with Gasteiger partial charge in [-0.25, -0.2) is 9.59 Å². The summed E-state index contributed by atoms with van der Waals surface area (Å²) < 4.78 is 5.82. The number of nitrogens with one attached hydrogen (secondary N) is 1. The van der Waals surface area contributed by atoms with Crippen LogP contribution in [0.25, 0.3) is 10.8 Å². The molecule has 3 rings (SSSR count). The van der Waals surface area contributed by atoms with Crippen LogP contribution in [-0.4, -0.2) is 28.1 Å². The lowest BCUT2D eigenvalue weighted by Crippen LogP contribution is -2.28. The van der Waals surface area contributed by atoms with Gasteiger partial charge in [-0.15, -0.1) is 0 Å². The zero-order chi connectivity index (χ0) is 24.2. The summed E-state index contributed by atoms with van der Waals surface area (Å²) in [6, 6.07) is 16.7. The predicted molar refractivity (Wildman–Crippen MR) is 125 cm³/mol. The lowest BCUT2D eigenvalue weighted by atomic mass is 9.80. The van der Waals surface area contributed by atoms with Gasteiger partial charge >= 0.3 is 12.1 Å². The highest BCUT2D eigenvalue weighted by Gasteiger charge is 2.34. The van der Waals surface area contributed by atoms with E-state index in [4.69, 9.17) is 9.84 Å². The van der Waals surface area contributed by atoms with Crippen LogP contribution in [0.3, 0.4) is 0 Å². The van der Waals surface area contributed by atoms with Crippen LogP contribution in [0.4, 0.5) is 10.5 Å². The van der Waals surface area contributed by atoms with Crippen molar-refractivity contribution in [3.63, 3.8) is 0 Å². The fourth-order valence-electron chi connectivity index (χ4n) is 3.57. The highest BCUT2D eigenvalue weighted by molar-refractivity contribution is 5.95. The Morgan fingerprint density at radius 2 is 1.61 bits per heavy atom. The van der Waals surface area contributed by atoms with E-state index in [9.17, 15) is 19.5 Å². The molecule has 0 saturated carbocycles. The Morgan fingerprint density at radius 3 is 2.21 bits per heavy atom. The number of carbonyl (C=O) groups is 3. The lowest BCUT2D eigenvalue weighted by Gasteiger charge is -2.32. The molecule has 0 bridgehead atoms. The number of carboxylic acids is 1. The van der Waals surface area contributed by atoms with Gasteiger partial charge in [0.2, 0.25) is 0 Å². The third-order valence-electron chi connectivity index (χ3n) is 5.31. The Morgan fingerprint density at radius 1 is 0.970 bits per heavy atom. The van der Waals surface area contributed by atoms with Crippen LogP contribution in [-0.2, 0) is 9.53 Å². The Bertz CT molecular complexity index is 1230. The molecule has 1 amide bonds. The number of aromatic hydroxyl groups is 1. The topological polar surface area (TPSA) is 113 Å². The van der Waals surface area contributed by atoms with E-state index < -0.39 is 23.6 Å². The van der Waals surface area contributed by atoms with Gasteiger partial charge in [-0.2, -0.15) is 0 Å². The van der Waals surface area contributed by atoms with Gasteiger partial charge < -0.3 is 14.9 Å². The highest BCUT2D eigenvalue weighted by atomic mass is 16.6. The molecule has 1 atom stereocenters. The van der Waals surface area contributed by atoms with Gasteiger partial charge in [-0.1, -0.05) is 50.3 Å². The summed E-state index contributed by atoms with van der Waals surface area (Å²) >= 11 is 0. The summed E-state index contributed by atoms with van der Waals surface area (Å²) in [6.45, 7) is 4.97. The molecule has 0 aromatic heterocycles. The van der Waals surface area contributed by atoms with Crippen molar-refractivity contribution in [2.75, 3.05) is 5.32 Å². The van der Waals surface area contributed by atoms with Gasteiger partial charge in [-0.05, 0) is 42.6 Å². The molecule has 0 radical (unpaired) electrons. The number of hydrogen-bond acceptors (Lipinski definition) is 5. The van der Waals surface area contributed by atoms with Crippen LogP contribution in [0.15, 0.2) is 72.8 Å². The molecule has 33 heavy (non-hydrogen) atoms. The van der Waals surface area contributed by atoms with E-state index in [-0.39, 0.29) is 11.5 Å². The molecule has 170 valence electrons. The molecule has 0 heterocycles. The van der Waals surface area contributed by atoms with Gasteiger partial charge in [0.1, 0.15) is 11.9 Å². The van der Waals surface area contributed by atoms with E-state index in [2.05, 4.69) is 5.32 Å². The fraction of sp³-hybridized carbons (Fsp3) is 0.192. The molecule has 3 aromatic rings. The minimum atomic E-state index is -1.12. The van der Waals surface area contributed by atoms with Gasteiger partial charge in [-0.3, -0.25) is 10.1 Å². The monoisotopic (exact) mass is 447 g/mol. The second-order valence-corrected chi connectivity index (χ2v) is 8.26. The Labute approximate surface area is 191 Å². The number of carbonyl (C=O) groups excluding carboxylic acids is 2. The number of ketones is 1. The number of Topliss-reactive ketones (excluding diaryl/α,β-unsaturated/α-hetero) is 1. The van der Waals surface area contributed by atoms with Crippen LogP contribution >= 0.6 is 0 Å². The lowest BCUT2D eigenvalue weighted by molar-refractivity contribution is -0.131. The van der Waals surface area contributed by atoms with Crippen molar-refractivity contribution in [1.29, 1.82) is 0 Å². The molecule has 7 heteroatoms. The first-order valence-corrected chi connectivity index (χ1v) is 10.3. The molecular formula is C26H25NO6. The first kappa shape index (κ1) is 23.5. The first-order chi connectivity index (χ1) is 15.6. The van der Waals surface area contributed by atoms with Gasteiger partial charge in [0, 0.05) is 33.7 Å². The molecule has 0 saturated heterocycles. The molecule has 7 nitrogen and oxygen atoms in total. The molecule has 0 spiro atoms. The average Bonchev–Trinajstić information content (AvgIpc) is 2.77. The predicted octanol–water partition coefficient (Wildman–Crippen LogP) is 5.70. The number of phenols is 1. The Balaban J connectivity index is 1.98. The van der Waals surface area contributed by atoms with Crippen LogP contribution < -0.4 is 5.32 Å². The summed E-state index contributed by atoms with van der Waals surface area (Å²) in [5.41, 5.74) is 0.666. The van der Waals surface area contributed by atoms with E-state index >= 15 is 0 Å². The van der Waals surface area contributed by atoms with Gasteiger partial charge in [0.15, 0.2) is 5.78 Å². The number of hydrogen-bond donors (Lipinski definition) is 3. The van der Waals surface area contributed by atoms with Gasteiger partial charge in [0.05, 0.1) is 0 Å². The number of phenolic OH excluding ortho intramolecular Hbond substituents is 1. The SMILES string of the molecule is CC(=O)c1ccc(NC(=O)O[C@@H](c2ccc(O)c3ccccc23)C(C)(C)/C=C/C(=O)O)cc1. The number of ether oxygens (including phenoxy) is 1. The maximum absolute atomic E-state index is 12.8. The second kappa shape index (κ2) is 9.56. The van der Waals surface area contributed by atoms with Crippen molar-refractivity contribution in [2.24, 2.45) is 5.41 Å². The minimum absolute atomic E-state index is 0.0852. The van der Waals surface area contributed by atoms with Crippen molar-refractivity contribution < 1.29 is 29.3 Å². The van der Waals surface area contributed by atoms with Crippen LogP contribution in [0.5, 0.6) is 5.75 Å². The maximum Gasteiger partial charge on any atom is 0.412 e. The minimum Gasteiger partial charge on any atom is -0.507 e. The van der Waals surface area contributed by atoms with Crippen LogP contribution in [0, 0.1) is 5.41 Å². The van der Waals surface area contributed by atoms with Crippen LogP contribution in [0.2, 0.25) is 0 Å². The Hall–Kier alpha value is -4.13. The number of amides is 1. The summed E-state index contributed by atoms with van der Waals surface area (Å²) in [5, 5.41) is 23.3. The standard InChI is InChI=1S/C26H25NO6/c1-16(28)17-8-10-18(11-9-17)27-25(32)33-24(26(2,3)15-14-23(30)31)21-12-13-22(29)20-7-5-4-6-19(20)21/h4-15,24,29H,1-3H3,(H,27,32)(H,30,31)/b15-14+/t24-/m0/s1. The van der Waals surface area contributed by atoms with E-state index in [1.54, 1.807) is 68.4 Å². The maximum atomic E-state index is 12.8. The summed E-state index contributed by atoms with van der Waals surface area (Å²) in [7, 11) is 0. The number of rotatable bonds is 7. The molecule has 0 aliphatic heterocycles. The summed E-state index contributed by atoms with van der Waals surface area (Å²) in [4.78, 5) is 35.4. The van der Waals surface area contributed by atoms with E-state index in [0.717, 1.165) is 6.08 Å². The largest absolute Gasteiger partial charge is 0.507 e. The zero-order valence-corrected chi connectivity index (χ0v) is 18.5. The smallest absolute Gasteiger partial charge is 0.412 e. The Kier molecular flexibility index (Phi) is 6.82. The number of carboxylic acid groups (broad SMARTS) is 1. The molecule has 0 unspecified atom stereocenters. The quantitative estimate of drug-likeness (QED) is 0.316. The number of benzene rings is 3. The van der Waals surface area contributed by atoms with E-state index in [0.29, 0.717) is 27.6 Å². The first-order valence-electron chi connectivity index (χ1n) is 10.3. The van der Waals surface area contributed by atoms with Crippen molar-refractivity contribution in [1.82, 2.24) is 0 Å². The third-order valence-corrected chi connectivity index (χ3v) is 5.31. The fourth-order valence-corrected chi connectivity index (χ4v) is 3.57. The molecule has 0 aliphatic carbocycles. The van der Waals surface area contributed by atoms with E-state index in [1.807, 2.05) is 0 Å². The number of fused-ring (bicyclic) bond motifs is 1. The summed E-state index contributed by atoms with van der Waals surface area (Å²) in [5.74, 6) is -1.12. The zero-order valence-electron chi connectivity index (χ0n) is 18.5. The second-order valence-electron chi connectivity index (χ2n) is 8.26. The number of aliphatic carboxylic acids is 1. The van der Waals surface area contributed by atoms with Crippen molar-refractivity contribution in [3.05, 3.63) is 83.9 Å². The average molecular weight is 447 g/mol. The molecule has 3 N–H and O–H groups in total. The highest BCUT2D eigenvalue weighted by Crippen LogP contribution is 2.42. The number of anilines is 1. The van der Waals surface area contributed by atoms with Crippen molar-refractivity contribution >= 4 is 34.3 Å². The normalized spacial score (nSPS) is 12.5. The third kappa shape index (κ3) is 5.57. The van der Waals surface area contributed by atoms with E-state index in [1.165, 1.54) is 19.1 Å². The summed E-state index contributed by atoms with van der Waals surface area (Å²) in [6.07, 6.45) is 0.855. The van der Waals surface area contributed by atoms with Crippen molar-refractivity contribution in [2.45, 2.75) is 26.9 Å². The van der Waals surface area contributed by atoms with Gasteiger partial charge in [0.25, 0.3) is 0 Å². The molecule has 0 aliphatic rings. The molecule has 3 aromatic carbocycles. The molecular weight excluding hydrogens is 422 g/mol. The van der Waals surface area contributed by atoms with Crippen molar-refractivity contribution in [3.8, 4) is 5.75 Å².